The van der Waals surface area contributed by atoms with Crippen LogP contribution in [0.5, 0.6) is 11.5 Å². The number of aromatic hydroxyl groups is 1. The van der Waals surface area contributed by atoms with Crippen LogP contribution >= 0.6 is 19.2 Å². The lowest BCUT2D eigenvalue weighted by molar-refractivity contribution is 0.0725. The molecule has 0 saturated carbocycles. The minimum atomic E-state index is -3.42. The van der Waals surface area contributed by atoms with E-state index in [1.165, 1.54) is 16.7 Å². The van der Waals surface area contributed by atoms with E-state index in [4.69, 9.17) is 25.4 Å². The van der Waals surface area contributed by atoms with Gasteiger partial charge in [0.1, 0.15) is 11.5 Å². The molecule has 1 aliphatic heterocycles. The summed E-state index contributed by atoms with van der Waals surface area (Å²) >= 11 is 6.12. The maximum absolute atomic E-state index is 13.3. The van der Waals surface area contributed by atoms with Gasteiger partial charge in [-0.1, -0.05) is 49.7 Å². The van der Waals surface area contributed by atoms with Crippen LogP contribution in [0.1, 0.15) is 78.0 Å². The Bertz CT molecular complexity index is 1320. The molecular formula is C29H32ClO5P. The molecule has 36 heavy (non-hydrogen) atoms. The second kappa shape index (κ2) is 10.2. The van der Waals surface area contributed by atoms with Gasteiger partial charge in [-0.2, -0.15) is 0 Å². The van der Waals surface area contributed by atoms with Gasteiger partial charge < -0.3 is 14.4 Å². The molecular weight excluding hydrogens is 495 g/mol. The van der Waals surface area contributed by atoms with Crippen LogP contribution in [-0.2, 0) is 20.0 Å². The molecule has 3 atom stereocenters. The zero-order valence-electron chi connectivity index (χ0n) is 20.9. The van der Waals surface area contributed by atoms with E-state index in [2.05, 4.69) is 32.9 Å². The number of fused-ring (bicyclic) bond motifs is 1. The van der Waals surface area contributed by atoms with Crippen LogP contribution in [0.4, 0.5) is 0 Å². The van der Waals surface area contributed by atoms with Crippen LogP contribution in [0, 0.1) is 6.92 Å². The van der Waals surface area contributed by atoms with Gasteiger partial charge in [-0.25, -0.2) is 0 Å². The van der Waals surface area contributed by atoms with Crippen molar-refractivity contribution in [3.8, 4) is 11.5 Å². The van der Waals surface area contributed by atoms with Gasteiger partial charge in [0, 0.05) is 17.4 Å². The Morgan fingerprint density at radius 1 is 1.11 bits per heavy atom. The predicted molar refractivity (Wildman–Crippen MR) is 142 cm³/mol. The topological polar surface area (TPSA) is 65.0 Å². The average molecular weight is 527 g/mol. The summed E-state index contributed by atoms with van der Waals surface area (Å²) in [4.78, 5) is 0. The number of rotatable bonds is 6. The molecule has 0 aromatic heterocycles. The van der Waals surface area contributed by atoms with Gasteiger partial charge >= 0.3 is 7.60 Å². The number of aryl methyl sites for hydroxylation is 2. The van der Waals surface area contributed by atoms with E-state index in [9.17, 15) is 9.67 Å². The maximum atomic E-state index is 13.3. The summed E-state index contributed by atoms with van der Waals surface area (Å²) in [6.07, 6.45) is 2.09. The highest BCUT2D eigenvalue weighted by Gasteiger charge is 2.36. The van der Waals surface area contributed by atoms with Crippen molar-refractivity contribution in [2.24, 2.45) is 0 Å². The van der Waals surface area contributed by atoms with E-state index in [1.54, 1.807) is 6.07 Å². The van der Waals surface area contributed by atoms with Gasteiger partial charge in [-0.15, -0.1) is 0 Å². The van der Waals surface area contributed by atoms with Crippen molar-refractivity contribution in [2.45, 2.75) is 58.0 Å². The molecule has 0 bridgehead atoms. The van der Waals surface area contributed by atoms with Crippen LogP contribution in [0.3, 0.4) is 0 Å². The van der Waals surface area contributed by atoms with Gasteiger partial charge in [-0.05, 0) is 89.4 Å². The van der Waals surface area contributed by atoms with E-state index in [0.717, 1.165) is 29.5 Å². The van der Waals surface area contributed by atoms with E-state index >= 15 is 0 Å². The average Bonchev–Trinajstić information content (AvgIpc) is 3.28. The fraction of sp³-hybridized carbons (Fsp3) is 0.379. The summed E-state index contributed by atoms with van der Waals surface area (Å²) in [5.41, 5.74) is 6.81. The molecule has 1 heterocycles. The lowest BCUT2D eigenvalue weighted by Crippen LogP contribution is -2.17. The summed E-state index contributed by atoms with van der Waals surface area (Å²) in [5.74, 6) is 1.57. The van der Waals surface area contributed by atoms with Crippen molar-refractivity contribution in [2.75, 3.05) is 13.0 Å². The van der Waals surface area contributed by atoms with E-state index in [1.807, 2.05) is 36.4 Å². The third kappa shape index (κ3) is 5.21. The first-order chi connectivity index (χ1) is 17.2. The maximum Gasteiger partial charge on any atom is 0.368 e. The number of hydrogen-bond acceptors (Lipinski definition) is 5. The highest BCUT2D eigenvalue weighted by molar-refractivity contribution is 7.53. The number of benzene rings is 3. The van der Waals surface area contributed by atoms with Gasteiger partial charge in [0.25, 0.3) is 0 Å². The lowest BCUT2D eigenvalue weighted by Gasteiger charge is -2.30. The Morgan fingerprint density at radius 3 is 2.72 bits per heavy atom. The lowest BCUT2D eigenvalue weighted by atomic mass is 9.87. The second-order valence-corrected chi connectivity index (χ2v) is 12.4. The number of phenolic OH excluding ortho intramolecular Hbond substituents is 1. The van der Waals surface area contributed by atoms with Crippen LogP contribution in [0.25, 0.3) is 0 Å². The SMILES string of the molecule is Cc1cc(OC[P@@]2(=O)OCC[C@@H](c3cccc(Cl)c3)O2)cc2c1[C@@H](c1ccc(O)c(C(C)C)c1)CC2. The molecule has 1 saturated heterocycles. The largest absolute Gasteiger partial charge is 0.508 e. The summed E-state index contributed by atoms with van der Waals surface area (Å²) in [6.45, 7) is 6.63. The molecule has 1 N–H and O–H groups in total. The first-order valence-corrected chi connectivity index (χ1v) is 14.6. The van der Waals surface area contributed by atoms with Crippen molar-refractivity contribution in [1.82, 2.24) is 0 Å². The third-order valence-corrected chi connectivity index (χ3v) is 8.97. The van der Waals surface area contributed by atoms with Crippen molar-refractivity contribution >= 4 is 19.2 Å². The number of phenols is 1. The van der Waals surface area contributed by atoms with Crippen molar-refractivity contribution < 1.29 is 23.5 Å². The van der Waals surface area contributed by atoms with Crippen LogP contribution in [0.15, 0.2) is 54.6 Å². The molecule has 0 amide bonds. The number of halogens is 1. The van der Waals surface area contributed by atoms with E-state index < -0.39 is 7.60 Å². The Balaban J connectivity index is 1.31. The second-order valence-electron chi connectivity index (χ2n) is 10.0. The molecule has 2 aliphatic rings. The Kier molecular flexibility index (Phi) is 7.20. The van der Waals surface area contributed by atoms with Gasteiger partial charge in [0.15, 0.2) is 6.35 Å². The van der Waals surface area contributed by atoms with Crippen LogP contribution < -0.4 is 4.74 Å². The molecule has 1 aliphatic carbocycles. The van der Waals surface area contributed by atoms with E-state index in [-0.39, 0.29) is 24.3 Å². The van der Waals surface area contributed by atoms with Gasteiger partial charge in [0.05, 0.1) is 12.7 Å². The zero-order chi connectivity index (χ0) is 25.4. The van der Waals surface area contributed by atoms with Gasteiger partial charge in [-0.3, -0.25) is 9.09 Å². The molecule has 3 aromatic carbocycles. The third-order valence-electron chi connectivity index (χ3n) is 7.14. The molecule has 0 radical (unpaired) electrons. The number of hydrogen-bond donors (Lipinski definition) is 1. The van der Waals surface area contributed by atoms with Crippen molar-refractivity contribution in [1.29, 1.82) is 0 Å². The quantitative estimate of drug-likeness (QED) is 0.327. The van der Waals surface area contributed by atoms with Crippen molar-refractivity contribution in [3.63, 3.8) is 0 Å². The summed E-state index contributed by atoms with van der Waals surface area (Å²) in [5, 5.41) is 10.9. The fourth-order valence-corrected chi connectivity index (χ4v) is 7.09. The summed E-state index contributed by atoms with van der Waals surface area (Å²) in [7, 11) is -3.42. The Morgan fingerprint density at radius 2 is 1.94 bits per heavy atom. The molecule has 5 nitrogen and oxygen atoms in total. The van der Waals surface area contributed by atoms with Gasteiger partial charge in [0.2, 0.25) is 0 Å². The molecule has 1 fully saturated rings. The minimum absolute atomic E-state index is 0.137. The standard InChI is InChI=1S/C29H32ClO5P/c1-18(2)26-16-20(8-10-27(26)31)25-9-7-22-15-24(13-19(3)29(22)25)33-17-36(32)34-12-11-28(35-36)21-5-4-6-23(30)14-21/h4-6,8,10,13-16,18,25,28,31H,7,9,11-12,17H2,1-3H3/t25-,28+,36-/m1/s1. The molecule has 3 aromatic rings. The van der Waals surface area contributed by atoms with Crippen molar-refractivity contribution in [3.05, 3.63) is 93.0 Å². The highest BCUT2D eigenvalue weighted by Crippen LogP contribution is 2.56. The molecule has 0 unspecified atom stereocenters. The first-order valence-electron chi connectivity index (χ1n) is 12.5. The zero-order valence-corrected chi connectivity index (χ0v) is 22.5. The fourth-order valence-electron chi connectivity index (χ4n) is 5.39. The monoisotopic (exact) mass is 526 g/mol. The van der Waals surface area contributed by atoms with Crippen LogP contribution in [-0.4, -0.2) is 18.1 Å². The predicted octanol–water partition coefficient (Wildman–Crippen LogP) is 8.26. The molecule has 5 rings (SSSR count). The van der Waals surface area contributed by atoms with Crippen LogP contribution in [0.2, 0.25) is 5.02 Å². The first kappa shape index (κ1) is 25.4. The molecule has 0 spiro atoms. The Labute approximate surface area is 217 Å². The molecule has 7 heteroatoms. The number of ether oxygens (including phenoxy) is 1. The molecule has 190 valence electrons. The normalized spacial score (nSPS) is 23.6. The summed E-state index contributed by atoms with van der Waals surface area (Å²) in [6, 6.07) is 17.5. The Hall–Kier alpha value is -2.30. The minimum Gasteiger partial charge on any atom is -0.508 e. The smallest absolute Gasteiger partial charge is 0.368 e. The van der Waals surface area contributed by atoms with E-state index in [0.29, 0.717) is 29.5 Å². The summed E-state index contributed by atoms with van der Waals surface area (Å²) < 4.78 is 30.8. The highest BCUT2D eigenvalue weighted by atomic mass is 35.5.